The topological polar surface area (TPSA) is 17.8 Å². The Labute approximate surface area is 120 Å². The number of rotatable bonds is 8. The average molecular weight is 274 g/mol. The lowest BCUT2D eigenvalue weighted by Crippen LogP contribution is -1.94. The SMILES string of the molecule is Cc1ccc(SCCCCCCn2ccnc2)cc1. The van der Waals surface area contributed by atoms with E-state index in [0.29, 0.717) is 0 Å². The molecule has 0 aliphatic carbocycles. The average Bonchev–Trinajstić information content (AvgIpc) is 2.93. The number of hydrogen-bond donors (Lipinski definition) is 0. The van der Waals surface area contributed by atoms with Gasteiger partial charge in [-0.05, 0) is 37.7 Å². The van der Waals surface area contributed by atoms with Crippen LogP contribution in [0.2, 0.25) is 0 Å². The maximum atomic E-state index is 4.05. The zero-order chi connectivity index (χ0) is 13.3. The van der Waals surface area contributed by atoms with Crippen molar-refractivity contribution in [2.24, 2.45) is 0 Å². The first-order valence-corrected chi connectivity index (χ1v) is 7.98. The second-order valence-electron chi connectivity index (χ2n) is 4.88. The molecule has 3 heteroatoms. The Balaban J connectivity index is 1.49. The first-order chi connectivity index (χ1) is 9.34. The van der Waals surface area contributed by atoms with Gasteiger partial charge >= 0.3 is 0 Å². The summed E-state index contributed by atoms with van der Waals surface area (Å²) in [7, 11) is 0. The lowest BCUT2D eigenvalue weighted by Gasteiger charge is -2.03. The molecule has 102 valence electrons. The van der Waals surface area contributed by atoms with Crippen molar-refractivity contribution in [2.45, 2.75) is 44.0 Å². The molecule has 0 saturated heterocycles. The van der Waals surface area contributed by atoms with Crippen LogP contribution in [-0.2, 0) is 6.54 Å². The van der Waals surface area contributed by atoms with Gasteiger partial charge in [0.25, 0.3) is 0 Å². The van der Waals surface area contributed by atoms with Crippen LogP contribution in [0.4, 0.5) is 0 Å². The van der Waals surface area contributed by atoms with E-state index >= 15 is 0 Å². The molecule has 2 nitrogen and oxygen atoms in total. The molecular formula is C16H22N2S. The summed E-state index contributed by atoms with van der Waals surface area (Å²) in [6.07, 6.45) is 11.0. The predicted molar refractivity (Wildman–Crippen MR) is 82.6 cm³/mol. The predicted octanol–water partition coefficient (Wildman–Crippen LogP) is 4.54. The lowest BCUT2D eigenvalue weighted by atomic mass is 10.2. The van der Waals surface area contributed by atoms with Gasteiger partial charge in [-0.1, -0.05) is 30.5 Å². The molecular weight excluding hydrogens is 252 g/mol. The number of unbranched alkanes of at least 4 members (excludes halogenated alkanes) is 3. The molecule has 0 amide bonds. The fraction of sp³-hybridized carbons (Fsp3) is 0.438. The fourth-order valence-corrected chi connectivity index (χ4v) is 2.91. The normalized spacial score (nSPS) is 10.8. The van der Waals surface area contributed by atoms with Crippen molar-refractivity contribution in [3.63, 3.8) is 0 Å². The van der Waals surface area contributed by atoms with E-state index in [1.165, 1.54) is 41.9 Å². The van der Waals surface area contributed by atoms with Gasteiger partial charge < -0.3 is 4.57 Å². The number of aryl methyl sites for hydroxylation is 2. The van der Waals surface area contributed by atoms with Gasteiger partial charge in [0.15, 0.2) is 0 Å². The van der Waals surface area contributed by atoms with Crippen molar-refractivity contribution in [2.75, 3.05) is 5.75 Å². The smallest absolute Gasteiger partial charge is 0.0945 e. The van der Waals surface area contributed by atoms with Gasteiger partial charge in [0.2, 0.25) is 0 Å². The zero-order valence-corrected chi connectivity index (χ0v) is 12.4. The Morgan fingerprint density at radius 1 is 1.05 bits per heavy atom. The van der Waals surface area contributed by atoms with Gasteiger partial charge in [-0.3, -0.25) is 0 Å². The molecule has 1 aromatic carbocycles. The molecule has 19 heavy (non-hydrogen) atoms. The second-order valence-corrected chi connectivity index (χ2v) is 6.04. The van der Waals surface area contributed by atoms with Gasteiger partial charge in [-0.15, -0.1) is 11.8 Å². The second kappa shape index (κ2) is 8.05. The van der Waals surface area contributed by atoms with E-state index in [1.807, 2.05) is 30.5 Å². The van der Waals surface area contributed by atoms with E-state index in [1.54, 1.807) is 0 Å². The first kappa shape index (κ1) is 14.2. The third-order valence-electron chi connectivity index (χ3n) is 3.16. The number of imidazole rings is 1. The summed E-state index contributed by atoms with van der Waals surface area (Å²) >= 11 is 1.97. The molecule has 2 aromatic rings. The summed E-state index contributed by atoms with van der Waals surface area (Å²) in [5, 5.41) is 0. The highest BCUT2D eigenvalue weighted by atomic mass is 32.2. The minimum atomic E-state index is 1.10. The Morgan fingerprint density at radius 3 is 2.58 bits per heavy atom. The first-order valence-electron chi connectivity index (χ1n) is 7.00. The van der Waals surface area contributed by atoms with Crippen LogP contribution in [0, 0.1) is 6.92 Å². The van der Waals surface area contributed by atoms with E-state index in [-0.39, 0.29) is 0 Å². The number of aromatic nitrogens is 2. The van der Waals surface area contributed by atoms with Gasteiger partial charge in [0.1, 0.15) is 0 Å². The van der Waals surface area contributed by atoms with Crippen molar-refractivity contribution < 1.29 is 0 Å². The van der Waals surface area contributed by atoms with Crippen molar-refractivity contribution in [3.05, 3.63) is 48.5 Å². The maximum absolute atomic E-state index is 4.05. The molecule has 0 aliphatic rings. The maximum Gasteiger partial charge on any atom is 0.0945 e. The summed E-state index contributed by atoms with van der Waals surface area (Å²) < 4.78 is 2.15. The summed E-state index contributed by atoms with van der Waals surface area (Å²) in [5.41, 5.74) is 1.34. The quantitative estimate of drug-likeness (QED) is 0.519. The van der Waals surface area contributed by atoms with Crippen LogP contribution < -0.4 is 0 Å². The van der Waals surface area contributed by atoms with Crippen LogP contribution >= 0.6 is 11.8 Å². The summed E-state index contributed by atoms with van der Waals surface area (Å²) in [6, 6.07) is 8.82. The number of thioether (sulfide) groups is 1. The van der Waals surface area contributed by atoms with Crippen LogP contribution in [0.5, 0.6) is 0 Å². The molecule has 0 N–H and O–H groups in total. The number of hydrogen-bond acceptors (Lipinski definition) is 2. The highest BCUT2D eigenvalue weighted by Gasteiger charge is 1.95. The third-order valence-corrected chi connectivity index (χ3v) is 4.26. The van der Waals surface area contributed by atoms with E-state index in [2.05, 4.69) is 40.7 Å². The molecule has 1 heterocycles. The molecule has 0 aliphatic heterocycles. The molecule has 0 atom stereocenters. The molecule has 0 radical (unpaired) electrons. The van der Waals surface area contributed by atoms with Crippen LogP contribution in [-0.4, -0.2) is 15.3 Å². The molecule has 0 saturated carbocycles. The third kappa shape index (κ3) is 5.52. The summed E-state index contributed by atoms with van der Waals surface area (Å²) in [4.78, 5) is 5.44. The standard InChI is InChI=1S/C16H22N2S/c1-15-6-8-16(9-7-15)19-13-5-3-2-4-11-18-12-10-17-14-18/h6-10,12,14H,2-5,11,13H2,1H3. The molecule has 2 rings (SSSR count). The van der Waals surface area contributed by atoms with Crippen LogP contribution in [0.15, 0.2) is 47.9 Å². The minimum absolute atomic E-state index is 1.10. The number of nitrogens with zero attached hydrogens (tertiary/aromatic N) is 2. The van der Waals surface area contributed by atoms with Crippen LogP contribution in [0.3, 0.4) is 0 Å². The Morgan fingerprint density at radius 2 is 1.84 bits per heavy atom. The highest BCUT2D eigenvalue weighted by Crippen LogP contribution is 2.20. The van der Waals surface area contributed by atoms with Gasteiger partial charge in [0.05, 0.1) is 6.33 Å². The Bertz CT molecular complexity index is 448. The van der Waals surface area contributed by atoms with Crippen molar-refractivity contribution in [1.29, 1.82) is 0 Å². The van der Waals surface area contributed by atoms with E-state index in [0.717, 1.165) is 6.54 Å². The van der Waals surface area contributed by atoms with E-state index < -0.39 is 0 Å². The fourth-order valence-electron chi connectivity index (χ4n) is 1.99. The van der Waals surface area contributed by atoms with E-state index in [4.69, 9.17) is 0 Å². The van der Waals surface area contributed by atoms with E-state index in [9.17, 15) is 0 Å². The van der Waals surface area contributed by atoms with Gasteiger partial charge in [-0.2, -0.15) is 0 Å². The molecule has 0 fully saturated rings. The molecule has 0 unspecified atom stereocenters. The molecule has 1 aromatic heterocycles. The van der Waals surface area contributed by atoms with Crippen molar-refractivity contribution >= 4 is 11.8 Å². The lowest BCUT2D eigenvalue weighted by molar-refractivity contribution is 0.583. The van der Waals surface area contributed by atoms with Crippen molar-refractivity contribution in [3.8, 4) is 0 Å². The summed E-state index contributed by atoms with van der Waals surface area (Å²) in [5.74, 6) is 1.23. The molecule has 0 spiro atoms. The Hall–Kier alpha value is -1.22. The summed E-state index contributed by atoms with van der Waals surface area (Å²) in [6.45, 7) is 3.24. The van der Waals surface area contributed by atoms with Gasteiger partial charge in [0, 0.05) is 23.8 Å². The molecule has 0 bridgehead atoms. The zero-order valence-electron chi connectivity index (χ0n) is 11.6. The Kier molecular flexibility index (Phi) is 6.02. The minimum Gasteiger partial charge on any atom is -0.337 e. The van der Waals surface area contributed by atoms with Crippen molar-refractivity contribution in [1.82, 2.24) is 9.55 Å². The monoisotopic (exact) mass is 274 g/mol. The number of benzene rings is 1. The highest BCUT2D eigenvalue weighted by molar-refractivity contribution is 7.99. The van der Waals surface area contributed by atoms with Crippen LogP contribution in [0.1, 0.15) is 31.2 Å². The van der Waals surface area contributed by atoms with Gasteiger partial charge in [-0.25, -0.2) is 4.98 Å². The largest absolute Gasteiger partial charge is 0.337 e. The van der Waals surface area contributed by atoms with Crippen LogP contribution in [0.25, 0.3) is 0 Å².